The molecule has 1 atom stereocenters. The number of aldehydes is 1. The van der Waals surface area contributed by atoms with Crippen molar-refractivity contribution in [3.63, 3.8) is 0 Å². The molecule has 0 fully saturated rings. The zero-order valence-corrected chi connectivity index (χ0v) is 14.9. The van der Waals surface area contributed by atoms with E-state index in [9.17, 15) is 14.7 Å². The van der Waals surface area contributed by atoms with Crippen molar-refractivity contribution in [2.45, 2.75) is 104 Å². The van der Waals surface area contributed by atoms with Crippen molar-refractivity contribution in [1.29, 1.82) is 0 Å². The van der Waals surface area contributed by atoms with Crippen LogP contribution in [0, 0.1) is 5.41 Å². The van der Waals surface area contributed by atoms with Crippen LogP contribution in [-0.4, -0.2) is 23.3 Å². The lowest BCUT2D eigenvalue weighted by molar-refractivity contribution is -0.138. The second kappa shape index (κ2) is 12.8. The van der Waals surface area contributed by atoms with Gasteiger partial charge in [0.05, 0.1) is 5.41 Å². The quantitative estimate of drug-likeness (QED) is 0.347. The predicted octanol–water partition coefficient (Wildman–Crippen LogP) is 4.84. The average Bonchev–Trinajstić information content (AvgIpc) is 2.51. The van der Waals surface area contributed by atoms with Gasteiger partial charge in [-0.25, -0.2) is 0 Å². The molecule has 0 aliphatic heterocycles. The number of aliphatic hydroxyl groups excluding tert-OH is 1. The van der Waals surface area contributed by atoms with Crippen molar-refractivity contribution in [1.82, 2.24) is 0 Å². The number of unbranched alkanes of at least 4 members (excludes halogenated alkanes) is 10. The Morgan fingerprint density at radius 3 is 1.73 bits per heavy atom. The van der Waals surface area contributed by atoms with Gasteiger partial charge in [-0.2, -0.15) is 0 Å². The van der Waals surface area contributed by atoms with Gasteiger partial charge in [-0.3, -0.25) is 4.79 Å². The van der Waals surface area contributed by atoms with Crippen LogP contribution in [0.1, 0.15) is 97.8 Å². The first-order valence-corrected chi connectivity index (χ1v) is 9.12. The number of carbonyl (C=O) groups is 2. The number of carbonyl (C=O) groups excluding carboxylic acids is 2. The standard InChI is InChI=1S/C19H36O3/c1-4-5-6-7-8-9-10-11-12-13-14-15-17(21)18(22)19(2,3)16-20/h16,18,22H,4-15H2,1-3H3. The summed E-state index contributed by atoms with van der Waals surface area (Å²) in [5.74, 6) is -0.201. The van der Waals surface area contributed by atoms with Crippen molar-refractivity contribution in [3.8, 4) is 0 Å². The van der Waals surface area contributed by atoms with E-state index in [0.29, 0.717) is 12.7 Å². The maximum atomic E-state index is 11.8. The Morgan fingerprint density at radius 1 is 0.909 bits per heavy atom. The number of hydrogen-bond donors (Lipinski definition) is 1. The molecule has 130 valence electrons. The molecular formula is C19H36O3. The van der Waals surface area contributed by atoms with Crippen LogP contribution in [0.25, 0.3) is 0 Å². The zero-order chi connectivity index (χ0) is 16.8. The van der Waals surface area contributed by atoms with Gasteiger partial charge in [0.2, 0.25) is 0 Å². The first-order valence-electron chi connectivity index (χ1n) is 9.12. The fraction of sp³-hybridized carbons (Fsp3) is 0.895. The largest absolute Gasteiger partial charge is 0.384 e. The third kappa shape index (κ3) is 10.1. The number of ketones is 1. The first kappa shape index (κ1) is 21.3. The minimum absolute atomic E-state index is 0.201. The van der Waals surface area contributed by atoms with Crippen LogP contribution in [0.3, 0.4) is 0 Å². The molecular weight excluding hydrogens is 276 g/mol. The number of rotatable bonds is 15. The highest BCUT2D eigenvalue weighted by Gasteiger charge is 2.32. The molecule has 0 saturated carbocycles. The summed E-state index contributed by atoms with van der Waals surface area (Å²) in [5.41, 5.74) is -0.963. The van der Waals surface area contributed by atoms with E-state index in [0.717, 1.165) is 19.3 Å². The molecule has 0 aromatic carbocycles. The second-order valence-corrected chi connectivity index (χ2v) is 7.09. The Balaban J connectivity index is 3.46. The molecule has 0 spiro atoms. The van der Waals surface area contributed by atoms with E-state index in [1.54, 1.807) is 13.8 Å². The fourth-order valence-corrected chi connectivity index (χ4v) is 2.58. The molecule has 3 heteroatoms. The summed E-state index contributed by atoms with van der Waals surface area (Å²) in [7, 11) is 0. The van der Waals surface area contributed by atoms with E-state index in [4.69, 9.17) is 0 Å². The topological polar surface area (TPSA) is 54.4 Å². The third-order valence-electron chi connectivity index (χ3n) is 4.34. The fourth-order valence-electron chi connectivity index (χ4n) is 2.58. The van der Waals surface area contributed by atoms with E-state index in [1.165, 1.54) is 51.4 Å². The van der Waals surface area contributed by atoms with Crippen LogP contribution in [0.4, 0.5) is 0 Å². The maximum Gasteiger partial charge on any atom is 0.162 e. The summed E-state index contributed by atoms with van der Waals surface area (Å²) in [6, 6.07) is 0. The lowest BCUT2D eigenvalue weighted by Crippen LogP contribution is -2.37. The molecule has 0 rings (SSSR count). The van der Waals surface area contributed by atoms with Crippen molar-refractivity contribution < 1.29 is 14.7 Å². The van der Waals surface area contributed by atoms with Gasteiger partial charge >= 0.3 is 0 Å². The summed E-state index contributed by atoms with van der Waals surface area (Å²) >= 11 is 0. The van der Waals surface area contributed by atoms with E-state index in [2.05, 4.69) is 6.92 Å². The van der Waals surface area contributed by atoms with Crippen LogP contribution in [-0.2, 0) is 9.59 Å². The Bertz CT molecular complexity index is 297. The van der Waals surface area contributed by atoms with Crippen LogP contribution in [0.2, 0.25) is 0 Å². The summed E-state index contributed by atoms with van der Waals surface area (Å²) in [5, 5.41) is 9.83. The Hall–Kier alpha value is -0.700. The summed E-state index contributed by atoms with van der Waals surface area (Å²) in [4.78, 5) is 22.6. The highest BCUT2D eigenvalue weighted by Crippen LogP contribution is 2.20. The van der Waals surface area contributed by atoms with Crippen LogP contribution < -0.4 is 0 Å². The molecule has 0 aliphatic rings. The third-order valence-corrected chi connectivity index (χ3v) is 4.34. The van der Waals surface area contributed by atoms with Crippen molar-refractivity contribution in [2.24, 2.45) is 5.41 Å². The highest BCUT2D eigenvalue weighted by atomic mass is 16.3. The summed E-state index contributed by atoms with van der Waals surface area (Å²) in [6.45, 7) is 5.44. The number of Topliss-reactive ketones (excluding diaryl/α,β-unsaturated/α-hetero) is 1. The first-order chi connectivity index (χ1) is 10.5. The molecule has 0 saturated heterocycles. The molecule has 0 aliphatic carbocycles. The van der Waals surface area contributed by atoms with E-state index >= 15 is 0 Å². The van der Waals surface area contributed by atoms with Gasteiger partial charge in [-0.15, -0.1) is 0 Å². The molecule has 1 unspecified atom stereocenters. The lowest BCUT2D eigenvalue weighted by atomic mass is 9.84. The smallest absolute Gasteiger partial charge is 0.162 e. The molecule has 3 nitrogen and oxygen atoms in total. The average molecular weight is 312 g/mol. The van der Waals surface area contributed by atoms with Gasteiger partial charge in [0, 0.05) is 6.42 Å². The SMILES string of the molecule is CCCCCCCCCCCCCC(=O)C(O)C(C)(C)C=O. The number of aliphatic hydroxyl groups is 1. The van der Waals surface area contributed by atoms with Gasteiger partial charge in [-0.05, 0) is 6.42 Å². The van der Waals surface area contributed by atoms with E-state index < -0.39 is 11.5 Å². The predicted molar refractivity (Wildman–Crippen MR) is 91.9 cm³/mol. The van der Waals surface area contributed by atoms with E-state index in [1.807, 2.05) is 0 Å². The molecule has 0 heterocycles. The molecule has 0 amide bonds. The molecule has 0 aromatic heterocycles. The Labute approximate surface area is 136 Å². The van der Waals surface area contributed by atoms with Crippen LogP contribution in [0.15, 0.2) is 0 Å². The van der Waals surface area contributed by atoms with E-state index in [-0.39, 0.29) is 5.78 Å². The zero-order valence-electron chi connectivity index (χ0n) is 14.9. The molecule has 0 radical (unpaired) electrons. The monoisotopic (exact) mass is 312 g/mol. The Kier molecular flexibility index (Phi) is 12.4. The van der Waals surface area contributed by atoms with Crippen molar-refractivity contribution in [2.75, 3.05) is 0 Å². The molecule has 0 aromatic rings. The summed E-state index contributed by atoms with van der Waals surface area (Å²) in [6.07, 6.45) is 13.5. The van der Waals surface area contributed by atoms with Gasteiger partial charge in [0.25, 0.3) is 0 Å². The molecule has 22 heavy (non-hydrogen) atoms. The summed E-state index contributed by atoms with van der Waals surface area (Å²) < 4.78 is 0. The highest BCUT2D eigenvalue weighted by molar-refractivity contribution is 5.86. The van der Waals surface area contributed by atoms with Crippen LogP contribution in [0.5, 0.6) is 0 Å². The normalized spacial score (nSPS) is 13.1. The van der Waals surface area contributed by atoms with Gasteiger partial charge in [0.15, 0.2) is 5.78 Å². The second-order valence-electron chi connectivity index (χ2n) is 7.09. The number of hydrogen-bond acceptors (Lipinski definition) is 3. The maximum absolute atomic E-state index is 11.8. The van der Waals surface area contributed by atoms with Crippen molar-refractivity contribution in [3.05, 3.63) is 0 Å². The molecule has 1 N–H and O–H groups in total. The van der Waals surface area contributed by atoms with Gasteiger partial charge < -0.3 is 9.90 Å². The minimum Gasteiger partial charge on any atom is -0.384 e. The minimum atomic E-state index is -1.16. The van der Waals surface area contributed by atoms with Gasteiger partial charge in [0.1, 0.15) is 12.4 Å². The Morgan fingerprint density at radius 2 is 1.32 bits per heavy atom. The lowest BCUT2D eigenvalue weighted by Gasteiger charge is -2.22. The van der Waals surface area contributed by atoms with Gasteiger partial charge in [-0.1, -0.05) is 85.0 Å². The van der Waals surface area contributed by atoms with Crippen molar-refractivity contribution >= 4 is 12.1 Å². The van der Waals surface area contributed by atoms with Crippen LogP contribution >= 0.6 is 0 Å². The molecule has 0 bridgehead atoms.